The molecule has 0 bridgehead atoms. The Kier molecular flexibility index (Phi) is 5.34. The van der Waals surface area contributed by atoms with Crippen molar-refractivity contribution in [1.82, 2.24) is 10.3 Å². The molecular formula is C13H23N3O2. The summed E-state index contributed by atoms with van der Waals surface area (Å²) < 4.78 is 5.29. The Labute approximate surface area is 108 Å². The number of aromatic nitrogens is 1. The molecule has 1 aromatic rings. The molecule has 5 nitrogen and oxygen atoms in total. The van der Waals surface area contributed by atoms with Crippen molar-refractivity contribution < 1.29 is 9.21 Å². The Bertz CT molecular complexity index is 389. The van der Waals surface area contributed by atoms with Gasteiger partial charge >= 0.3 is 0 Å². The van der Waals surface area contributed by atoms with Crippen LogP contribution >= 0.6 is 0 Å². The van der Waals surface area contributed by atoms with Crippen LogP contribution in [0, 0.1) is 5.92 Å². The Hall–Kier alpha value is -1.36. The van der Waals surface area contributed by atoms with Crippen LogP contribution in [0.15, 0.2) is 10.7 Å². The van der Waals surface area contributed by atoms with E-state index < -0.39 is 0 Å². The summed E-state index contributed by atoms with van der Waals surface area (Å²) in [5.74, 6) is 0.489. The third-order valence-corrected chi connectivity index (χ3v) is 3.29. The lowest BCUT2D eigenvalue weighted by atomic mass is 10.0. The van der Waals surface area contributed by atoms with E-state index in [1.165, 1.54) is 6.26 Å². The highest BCUT2D eigenvalue weighted by molar-refractivity contribution is 5.92. The van der Waals surface area contributed by atoms with E-state index in [-0.39, 0.29) is 23.9 Å². The molecule has 3 N–H and O–H groups in total. The largest absolute Gasteiger partial charge is 0.446 e. The second kappa shape index (κ2) is 6.54. The molecule has 0 aliphatic rings. The highest BCUT2D eigenvalue weighted by atomic mass is 16.3. The number of carbonyl (C=O) groups excluding carboxylic acids is 1. The third-order valence-electron chi connectivity index (χ3n) is 3.29. The van der Waals surface area contributed by atoms with E-state index in [0.717, 1.165) is 12.8 Å². The molecule has 0 radical (unpaired) electrons. The van der Waals surface area contributed by atoms with Crippen LogP contribution in [0.25, 0.3) is 0 Å². The Morgan fingerprint density at radius 1 is 1.44 bits per heavy atom. The average Bonchev–Trinajstić information content (AvgIpc) is 2.86. The van der Waals surface area contributed by atoms with E-state index >= 15 is 0 Å². The van der Waals surface area contributed by atoms with Gasteiger partial charge in [0.05, 0.1) is 6.04 Å². The zero-order valence-electron chi connectivity index (χ0n) is 11.6. The van der Waals surface area contributed by atoms with Gasteiger partial charge in [-0.15, -0.1) is 0 Å². The summed E-state index contributed by atoms with van der Waals surface area (Å²) in [5.41, 5.74) is 6.30. The molecule has 1 aromatic heterocycles. The maximum atomic E-state index is 11.8. The second-order valence-corrected chi connectivity index (χ2v) is 4.77. The van der Waals surface area contributed by atoms with E-state index in [4.69, 9.17) is 10.2 Å². The van der Waals surface area contributed by atoms with Crippen molar-refractivity contribution in [3.63, 3.8) is 0 Å². The molecule has 0 saturated heterocycles. The van der Waals surface area contributed by atoms with Crippen LogP contribution in [0.2, 0.25) is 0 Å². The molecule has 3 atom stereocenters. The van der Waals surface area contributed by atoms with Crippen LogP contribution in [-0.4, -0.2) is 16.9 Å². The van der Waals surface area contributed by atoms with Crippen molar-refractivity contribution in [1.29, 1.82) is 0 Å². The summed E-state index contributed by atoms with van der Waals surface area (Å²) in [6, 6.07) is -0.138. The van der Waals surface area contributed by atoms with Crippen molar-refractivity contribution in [2.75, 3.05) is 0 Å². The summed E-state index contributed by atoms with van der Waals surface area (Å²) in [7, 11) is 0. The summed E-state index contributed by atoms with van der Waals surface area (Å²) in [4.78, 5) is 16.0. The smallest absolute Gasteiger partial charge is 0.273 e. The topological polar surface area (TPSA) is 81.2 Å². The van der Waals surface area contributed by atoms with Gasteiger partial charge in [0.2, 0.25) is 5.89 Å². The van der Waals surface area contributed by atoms with Gasteiger partial charge in [0.15, 0.2) is 5.69 Å². The molecule has 3 unspecified atom stereocenters. The van der Waals surface area contributed by atoms with Crippen LogP contribution in [0.5, 0.6) is 0 Å². The van der Waals surface area contributed by atoms with Gasteiger partial charge in [0, 0.05) is 6.04 Å². The third kappa shape index (κ3) is 3.57. The summed E-state index contributed by atoms with van der Waals surface area (Å²) in [6.45, 7) is 8.06. The van der Waals surface area contributed by atoms with E-state index in [2.05, 4.69) is 17.2 Å². The fraction of sp³-hybridized carbons (Fsp3) is 0.692. The van der Waals surface area contributed by atoms with Gasteiger partial charge < -0.3 is 15.5 Å². The monoisotopic (exact) mass is 253 g/mol. The SMILES string of the molecule is CCC(C)NC(=O)c1coc(C(N)C(C)CC)n1. The van der Waals surface area contributed by atoms with Gasteiger partial charge in [-0.3, -0.25) is 4.79 Å². The van der Waals surface area contributed by atoms with Gasteiger partial charge in [-0.25, -0.2) is 4.98 Å². The van der Waals surface area contributed by atoms with Crippen LogP contribution < -0.4 is 11.1 Å². The number of nitrogens with two attached hydrogens (primary N) is 1. The highest BCUT2D eigenvalue weighted by Gasteiger charge is 2.21. The van der Waals surface area contributed by atoms with Crippen LogP contribution in [0.1, 0.15) is 63.0 Å². The minimum atomic E-state index is -0.264. The van der Waals surface area contributed by atoms with Crippen LogP contribution in [0.4, 0.5) is 0 Å². The first-order valence-electron chi connectivity index (χ1n) is 6.51. The molecule has 18 heavy (non-hydrogen) atoms. The fourth-order valence-corrected chi connectivity index (χ4v) is 1.44. The average molecular weight is 253 g/mol. The molecule has 0 fully saturated rings. The first kappa shape index (κ1) is 14.7. The number of nitrogens with one attached hydrogen (secondary N) is 1. The van der Waals surface area contributed by atoms with E-state index in [0.29, 0.717) is 11.6 Å². The number of hydrogen-bond acceptors (Lipinski definition) is 4. The van der Waals surface area contributed by atoms with E-state index in [1.807, 2.05) is 20.8 Å². The zero-order valence-corrected chi connectivity index (χ0v) is 11.6. The maximum Gasteiger partial charge on any atom is 0.273 e. The minimum absolute atomic E-state index is 0.126. The molecule has 0 aromatic carbocycles. The lowest BCUT2D eigenvalue weighted by Gasteiger charge is -2.14. The predicted octanol–water partition coefficient (Wildman–Crippen LogP) is 2.25. The molecule has 1 amide bonds. The van der Waals surface area contributed by atoms with Crippen molar-refractivity contribution in [2.45, 2.75) is 52.6 Å². The Morgan fingerprint density at radius 3 is 2.67 bits per heavy atom. The predicted molar refractivity (Wildman–Crippen MR) is 70.1 cm³/mol. The molecule has 5 heteroatoms. The maximum absolute atomic E-state index is 11.8. The summed E-state index contributed by atoms with van der Waals surface area (Å²) >= 11 is 0. The molecule has 0 saturated carbocycles. The number of oxazole rings is 1. The second-order valence-electron chi connectivity index (χ2n) is 4.77. The molecule has 0 spiro atoms. The van der Waals surface area contributed by atoms with Crippen LogP contribution in [0.3, 0.4) is 0 Å². The summed E-state index contributed by atoms with van der Waals surface area (Å²) in [6.07, 6.45) is 3.19. The zero-order chi connectivity index (χ0) is 13.7. The van der Waals surface area contributed by atoms with E-state index in [9.17, 15) is 4.79 Å². The van der Waals surface area contributed by atoms with Crippen molar-refractivity contribution in [3.8, 4) is 0 Å². The van der Waals surface area contributed by atoms with Gasteiger partial charge in [-0.05, 0) is 19.3 Å². The number of carbonyl (C=O) groups is 1. The van der Waals surface area contributed by atoms with Gasteiger partial charge in [0.1, 0.15) is 6.26 Å². The van der Waals surface area contributed by atoms with E-state index in [1.54, 1.807) is 0 Å². The Morgan fingerprint density at radius 2 is 2.11 bits per heavy atom. The lowest BCUT2D eigenvalue weighted by Crippen LogP contribution is -2.32. The molecule has 102 valence electrons. The fourth-order valence-electron chi connectivity index (χ4n) is 1.44. The van der Waals surface area contributed by atoms with Crippen LogP contribution in [-0.2, 0) is 0 Å². The number of nitrogens with zero attached hydrogens (tertiary/aromatic N) is 1. The molecular weight excluding hydrogens is 230 g/mol. The van der Waals surface area contributed by atoms with Crippen molar-refractivity contribution in [2.24, 2.45) is 11.7 Å². The first-order valence-corrected chi connectivity index (χ1v) is 6.51. The quantitative estimate of drug-likeness (QED) is 0.814. The first-order chi connectivity index (χ1) is 8.49. The molecule has 0 aliphatic heterocycles. The molecule has 1 rings (SSSR count). The highest BCUT2D eigenvalue weighted by Crippen LogP contribution is 2.21. The van der Waals surface area contributed by atoms with Gasteiger partial charge in [-0.2, -0.15) is 0 Å². The molecule has 1 heterocycles. The van der Waals surface area contributed by atoms with Crippen molar-refractivity contribution >= 4 is 5.91 Å². The Balaban J connectivity index is 2.71. The lowest BCUT2D eigenvalue weighted by molar-refractivity contribution is 0.0934. The van der Waals surface area contributed by atoms with Gasteiger partial charge in [-0.1, -0.05) is 27.2 Å². The number of rotatable bonds is 6. The number of amides is 1. The number of hydrogen-bond donors (Lipinski definition) is 2. The normalized spacial score (nSPS) is 16.1. The standard InChI is InChI=1S/C13H23N3O2/c1-5-8(3)11(14)13-16-10(7-18-13)12(17)15-9(4)6-2/h7-9,11H,5-6,14H2,1-4H3,(H,15,17). The van der Waals surface area contributed by atoms with Gasteiger partial charge in [0.25, 0.3) is 5.91 Å². The molecule has 0 aliphatic carbocycles. The summed E-state index contributed by atoms with van der Waals surface area (Å²) in [5, 5.41) is 2.84. The van der Waals surface area contributed by atoms with Crippen molar-refractivity contribution in [3.05, 3.63) is 17.8 Å². The minimum Gasteiger partial charge on any atom is -0.446 e.